The van der Waals surface area contributed by atoms with Gasteiger partial charge in [-0.3, -0.25) is 4.79 Å². The largest absolute Gasteiger partial charge is 0.357 e. The van der Waals surface area contributed by atoms with Crippen molar-refractivity contribution in [2.45, 2.75) is 31.8 Å². The molecule has 0 radical (unpaired) electrons. The van der Waals surface area contributed by atoms with Crippen LogP contribution in [-0.4, -0.2) is 31.1 Å². The van der Waals surface area contributed by atoms with Crippen molar-refractivity contribution in [3.05, 3.63) is 30.1 Å². The van der Waals surface area contributed by atoms with Gasteiger partial charge in [-0.15, -0.1) is 0 Å². The number of carbonyl (C=O) groups excluding carboxylic acids is 1. The number of hydrogen-bond acceptors (Lipinski definition) is 3. The Balaban J connectivity index is 2.37. The van der Waals surface area contributed by atoms with Crippen LogP contribution < -0.4 is 16.0 Å². The van der Waals surface area contributed by atoms with Gasteiger partial charge in [-0.2, -0.15) is 0 Å². The summed E-state index contributed by atoms with van der Waals surface area (Å²) < 4.78 is 13.4. The lowest BCUT2D eigenvalue weighted by Crippen LogP contribution is -2.48. The number of amides is 1. The molecular weight excluding hydrogens is 245 g/mol. The Morgan fingerprint density at radius 3 is 3.00 bits per heavy atom. The Kier molecular flexibility index (Phi) is 4.37. The summed E-state index contributed by atoms with van der Waals surface area (Å²) in [6.07, 6.45) is 1.40. The SMILES string of the molecule is CC1CCNC(=O)C(CCN)N1c1cccc(F)c1. The quantitative estimate of drug-likeness (QED) is 0.865. The number of rotatable bonds is 3. The van der Waals surface area contributed by atoms with Crippen LogP contribution >= 0.6 is 0 Å². The van der Waals surface area contributed by atoms with Gasteiger partial charge in [0.05, 0.1) is 0 Å². The lowest BCUT2D eigenvalue weighted by molar-refractivity contribution is -0.122. The second-order valence-corrected chi connectivity index (χ2v) is 4.91. The van der Waals surface area contributed by atoms with Crippen LogP contribution in [0.3, 0.4) is 0 Å². The summed E-state index contributed by atoms with van der Waals surface area (Å²) >= 11 is 0. The molecule has 1 fully saturated rings. The fourth-order valence-electron chi connectivity index (χ4n) is 2.59. The molecule has 0 aromatic heterocycles. The maximum atomic E-state index is 13.4. The van der Waals surface area contributed by atoms with E-state index in [1.54, 1.807) is 6.07 Å². The van der Waals surface area contributed by atoms with Crippen molar-refractivity contribution in [2.75, 3.05) is 18.0 Å². The van der Waals surface area contributed by atoms with E-state index in [0.29, 0.717) is 19.5 Å². The van der Waals surface area contributed by atoms with E-state index < -0.39 is 0 Å². The minimum absolute atomic E-state index is 0.0286. The van der Waals surface area contributed by atoms with E-state index >= 15 is 0 Å². The number of hydrogen-bond donors (Lipinski definition) is 2. The highest BCUT2D eigenvalue weighted by Gasteiger charge is 2.31. The average Bonchev–Trinajstić information content (AvgIpc) is 2.50. The van der Waals surface area contributed by atoms with Gasteiger partial charge < -0.3 is 16.0 Å². The summed E-state index contributed by atoms with van der Waals surface area (Å²) in [5.41, 5.74) is 6.35. The molecule has 2 rings (SSSR count). The van der Waals surface area contributed by atoms with Crippen molar-refractivity contribution in [1.82, 2.24) is 5.32 Å². The molecule has 104 valence electrons. The van der Waals surface area contributed by atoms with Crippen LogP contribution in [0.5, 0.6) is 0 Å². The van der Waals surface area contributed by atoms with E-state index in [4.69, 9.17) is 5.73 Å². The van der Waals surface area contributed by atoms with Crippen molar-refractivity contribution < 1.29 is 9.18 Å². The highest BCUT2D eigenvalue weighted by molar-refractivity contribution is 5.86. The third-order valence-electron chi connectivity index (χ3n) is 3.52. The van der Waals surface area contributed by atoms with Crippen molar-refractivity contribution in [3.63, 3.8) is 0 Å². The first-order chi connectivity index (χ1) is 9.13. The molecule has 1 aromatic carbocycles. The zero-order valence-corrected chi connectivity index (χ0v) is 11.1. The third-order valence-corrected chi connectivity index (χ3v) is 3.52. The maximum absolute atomic E-state index is 13.4. The van der Waals surface area contributed by atoms with Gasteiger partial charge in [-0.1, -0.05) is 6.07 Å². The van der Waals surface area contributed by atoms with Gasteiger partial charge in [0, 0.05) is 18.3 Å². The predicted molar refractivity (Wildman–Crippen MR) is 73.4 cm³/mol. The van der Waals surface area contributed by atoms with E-state index in [0.717, 1.165) is 12.1 Å². The highest BCUT2D eigenvalue weighted by atomic mass is 19.1. The van der Waals surface area contributed by atoms with Crippen LogP contribution in [0.1, 0.15) is 19.8 Å². The maximum Gasteiger partial charge on any atom is 0.242 e. The summed E-state index contributed by atoms with van der Waals surface area (Å²) in [7, 11) is 0. The Labute approximate surface area is 112 Å². The molecule has 5 heteroatoms. The van der Waals surface area contributed by atoms with Gasteiger partial charge in [-0.05, 0) is 44.5 Å². The number of anilines is 1. The van der Waals surface area contributed by atoms with Crippen LogP contribution in [-0.2, 0) is 4.79 Å². The van der Waals surface area contributed by atoms with Gasteiger partial charge in [0.15, 0.2) is 0 Å². The van der Waals surface area contributed by atoms with Gasteiger partial charge in [0.2, 0.25) is 5.91 Å². The summed E-state index contributed by atoms with van der Waals surface area (Å²) in [4.78, 5) is 14.1. The fourth-order valence-corrected chi connectivity index (χ4v) is 2.59. The fraction of sp³-hybridized carbons (Fsp3) is 0.500. The van der Waals surface area contributed by atoms with Crippen molar-refractivity contribution >= 4 is 11.6 Å². The zero-order valence-electron chi connectivity index (χ0n) is 11.1. The summed E-state index contributed by atoms with van der Waals surface area (Å²) in [6.45, 7) is 3.12. The van der Waals surface area contributed by atoms with Crippen LogP contribution in [0.15, 0.2) is 24.3 Å². The Morgan fingerprint density at radius 1 is 1.53 bits per heavy atom. The lowest BCUT2D eigenvalue weighted by Gasteiger charge is -2.35. The van der Waals surface area contributed by atoms with E-state index in [-0.39, 0.29) is 23.8 Å². The number of nitrogens with zero attached hydrogens (tertiary/aromatic N) is 1. The van der Waals surface area contributed by atoms with Crippen LogP contribution in [0.2, 0.25) is 0 Å². The molecule has 0 spiro atoms. The predicted octanol–water partition coefficient (Wildman–Crippen LogP) is 1.26. The molecule has 1 aromatic rings. The number of halogens is 1. The second-order valence-electron chi connectivity index (χ2n) is 4.91. The molecule has 2 atom stereocenters. The molecule has 0 saturated carbocycles. The first kappa shape index (κ1) is 13.8. The molecule has 4 nitrogen and oxygen atoms in total. The Bertz CT molecular complexity index is 452. The first-order valence-electron chi connectivity index (χ1n) is 6.65. The van der Waals surface area contributed by atoms with E-state index in [1.807, 2.05) is 11.0 Å². The average molecular weight is 265 g/mol. The molecule has 1 saturated heterocycles. The Hall–Kier alpha value is -1.62. The van der Waals surface area contributed by atoms with Gasteiger partial charge >= 0.3 is 0 Å². The molecule has 1 aliphatic heterocycles. The minimum Gasteiger partial charge on any atom is -0.357 e. The molecule has 1 amide bonds. The standard InChI is InChI=1S/C14H20FN3O/c1-10-6-8-17-14(19)13(5-7-16)18(10)12-4-2-3-11(15)9-12/h2-4,9-10,13H,5-8,16H2,1H3,(H,17,19). The van der Waals surface area contributed by atoms with Crippen LogP contribution in [0.25, 0.3) is 0 Å². The second kappa shape index (κ2) is 6.02. The van der Waals surface area contributed by atoms with Crippen molar-refractivity contribution in [1.29, 1.82) is 0 Å². The molecule has 19 heavy (non-hydrogen) atoms. The van der Waals surface area contributed by atoms with E-state index in [1.165, 1.54) is 12.1 Å². The normalized spacial score (nSPS) is 23.9. The molecular formula is C14H20FN3O. The van der Waals surface area contributed by atoms with Crippen LogP contribution in [0.4, 0.5) is 10.1 Å². The molecule has 0 bridgehead atoms. The molecule has 3 N–H and O–H groups in total. The molecule has 0 aliphatic carbocycles. The summed E-state index contributed by atoms with van der Waals surface area (Å²) in [6, 6.07) is 6.21. The van der Waals surface area contributed by atoms with E-state index in [9.17, 15) is 9.18 Å². The summed E-state index contributed by atoms with van der Waals surface area (Å²) in [5.74, 6) is -0.320. The highest BCUT2D eigenvalue weighted by Crippen LogP contribution is 2.25. The summed E-state index contributed by atoms with van der Waals surface area (Å²) in [5, 5.41) is 2.89. The topological polar surface area (TPSA) is 58.4 Å². The lowest BCUT2D eigenvalue weighted by atomic mass is 10.1. The molecule has 1 heterocycles. The monoisotopic (exact) mass is 265 g/mol. The van der Waals surface area contributed by atoms with Crippen molar-refractivity contribution in [2.24, 2.45) is 5.73 Å². The number of nitrogens with two attached hydrogens (primary N) is 1. The van der Waals surface area contributed by atoms with E-state index in [2.05, 4.69) is 12.2 Å². The smallest absolute Gasteiger partial charge is 0.242 e. The zero-order chi connectivity index (χ0) is 13.8. The van der Waals surface area contributed by atoms with Crippen molar-refractivity contribution in [3.8, 4) is 0 Å². The van der Waals surface area contributed by atoms with Crippen LogP contribution in [0, 0.1) is 5.82 Å². The first-order valence-corrected chi connectivity index (χ1v) is 6.65. The Morgan fingerprint density at radius 2 is 2.32 bits per heavy atom. The number of carbonyl (C=O) groups is 1. The minimum atomic E-state index is -0.329. The van der Waals surface area contributed by atoms with Gasteiger partial charge in [0.25, 0.3) is 0 Å². The van der Waals surface area contributed by atoms with Gasteiger partial charge in [0.1, 0.15) is 11.9 Å². The number of nitrogens with one attached hydrogen (secondary N) is 1. The molecule has 2 unspecified atom stereocenters. The van der Waals surface area contributed by atoms with Gasteiger partial charge in [-0.25, -0.2) is 4.39 Å². The number of benzene rings is 1. The molecule has 1 aliphatic rings. The third kappa shape index (κ3) is 3.04.